The van der Waals surface area contributed by atoms with E-state index in [9.17, 15) is 0 Å². The lowest BCUT2D eigenvalue weighted by Gasteiger charge is -2.29. The Morgan fingerprint density at radius 3 is 2.85 bits per heavy atom. The standard InChI is InChI=1S/C11H22N2/c1-3-9(2)13-7-6-10-4-5-11(8-13)12-10/h9-12H,3-8H2,1-2H3. The Kier molecular flexibility index (Phi) is 2.89. The van der Waals surface area contributed by atoms with Crippen LogP contribution in [0.1, 0.15) is 39.5 Å². The summed E-state index contributed by atoms with van der Waals surface area (Å²) >= 11 is 0. The average molecular weight is 182 g/mol. The highest BCUT2D eigenvalue weighted by Gasteiger charge is 2.30. The largest absolute Gasteiger partial charge is 0.310 e. The molecule has 0 aromatic rings. The third-order valence-corrected chi connectivity index (χ3v) is 3.77. The number of likely N-dealkylation sites (tertiary alicyclic amines) is 1. The summed E-state index contributed by atoms with van der Waals surface area (Å²) in [4.78, 5) is 2.66. The SMILES string of the molecule is CCC(C)N1CCC2CCC(C1)N2. The van der Waals surface area contributed by atoms with Gasteiger partial charge in [0, 0.05) is 24.7 Å². The van der Waals surface area contributed by atoms with Gasteiger partial charge in [-0.25, -0.2) is 0 Å². The molecule has 2 aliphatic heterocycles. The topological polar surface area (TPSA) is 15.3 Å². The van der Waals surface area contributed by atoms with Gasteiger partial charge in [-0.15, -0.1) is 0 Å². The Morgan fingerprint density at radius 1 is 1.31 bits per heavy atom. The van der Waals surface area contributed by atoms with Gasteiger partial charge in [-0.3, -0.25) is 4.90 Å². The molecule has 2 nitrogen and oxygen atoms in total. The van der Waals surface area contributed by atoms with E-state index in [4.69, 9.17) is 0 Å². The van der Waals surface area contributed by atoms with Gasteiger partial charge in [0.2, 0.25) is 0 Å². The minimum Gasteiger partial charge on any atom is -0.310 e. The normalized spacial score (nSPS) is 37.4. The fourth-order valence-corrected chi connectivity index (χ4v) is 2.63. The van der Waals surface area contributed by atoms with E-state index in [1.165, 1.54) is 38.8 Å². The van der Waals surface area contributed by atoms with Crippen molar-refractivity contribution in [3.05, 3.63) is 0 Å². The van der Waals surface area contributed by atoms with Gasteiger partial charge in [-0.2, -0.15) is 0 Å². The van der Waals surface area contributed by atoms with Crippen molar-refractivity contribution < 1.29 is 0 Å². The lowest BCUT2D eigenvalue weighted by Crippen LogP contribution is -2.40. The molecule has 0 saturated carbocycles. The third-order valence-electron chi connectivity index (χ3n) is 3.77. The monoisotopic (exact) mass is 182 g/mol. The minimum absolute atomic E-state index is 0.779. The van der Waals surface area contributed by atoms with E-state index < -0.39 is 0 Å². The number of nitrogens with one attached hydrogen (secondary N) is 1. The van der Waals surface area contributed by atoms with Gasteiger partial charge >= 0.3 is 0 Å². The third kappa shape index (κ3) is 2.05. The molecule has 1 N–H and O–H groups in total. The van der Waals surface area contributed by atoms with E-state index in [2.05, 4.69) is 24.1 Å². The molecule has 0 aliphatic carbocycles. The summed E-state index contributed by atoms with van der Waals surface area (Å²) in [6.07, 6.45) is 5.47. The minimum atomic E-state index is 0.779. The van der Waals surface area contributed by atoms with Gasteiger partial charge < -0.3 is 5.32 Å². The molecule has 2 fully saturated rings. The lowest BCUT2D eigenvalue weighted by molar-refractivity contribution is 0.194. The van der Waals surface area contributed by atoms with Crippen molar-refractivity contribution in [2.75, 3.05) is 13.1 Å². The lowest BCUT2D eigenvalue weighted by atomic mass is 10.1. The summed E-state index contributed by atoms with van der Waals surface area (Å²) in [7, 11) is 0. The highest BCUT2D eigenvalue weighted by Crippen LogP contribution is 2.21. The van der Waals surface area contributed by atoms with Crippen molar-refractivity contribution in [1.29, 1.82) is 0 Å². The van der Waals surface area contributed by atoms with Crippen LogP contribution in [0.2, 0.25) is 0 Å². The Bertz CT molecular complexity index is 169. The fourth-order valence-electron chi connectivity index (χ4n) is 2.63. The van der Waals surface area contributed by atoms with E-state index in [0.717, 1.165) is 18.1 Å². The van der Waals surface area contributed by atoms with E-state index in [-0.39, 0.29) is 0 Å². The molecular weight excluding hydrogens is 160 g/mol. The summed E-state index contributed by atoms with van der Waals surface area (Å²) in [5.41, 5.74) is 0. The molecule has 0 spiro atoms. The smallest absolute Gasteiger partial charge is 0.0198 e. The number of fused-ring (bicyclic) bond motifs is 2. The van der Waals surface area contributed by atoms with E-state index in [1.807, 2.05) is 0 Å². The van der Waals surface area contributed by atoms with Crippen LogP contribution in [0.3, 0.4) is 0 Å². The van der Waals surface area contributed by atoms with Crippen LogP contribution in [0.15, 0.2) is 0 Å². The maximum absolute atomic E-state index is 3.72. The van der Waals surface area contributed by atoms with Gasteiger partial charge in [0.25, 0.3) is 0 Å². The quantitative estimate of drug-likeness (QED) is 0.698. The zero-order valence-electron chi connectivity index (χ0n) is 8.92. The average Bonchev–Trinajstić information content (AvgIpc) is 2.45. The summed E-state index contributed by atoms with van der Waals surface area (Å²) in [5, 5.41) is 3.72. The van der Waals surface area contributed by atoms with Crippen molar-refractivity contribution >= 4 is 0 Å². The molecule has 0 aromatic heterocycles. The summed E-state index contributed by atoms with van der Waals surface area (Å²) in [6, 6.07) is 2.40. The molecule has 2 aliphatic rings. The first-order valence-corrected chi connectivity index (χ1v) is 5.79. The second-order valence-corrected chi connectivity index (χ2v) is 4.68. The second-order valence-electron chi connectivity index (χ2n) is 4.68. The Labute approximate surface area is 81.7 Å². The zero-order chi connectivity index (χ0) is 9.26. The Hall–Kier alpha value is -0.0800. The number of nitrogens with zero attached hydrogens (tertiary/aromatic N) is 1. The van der Waals surface area contributed by atoms with Crippen LogP contribution in [0, 0.1) is 0 Å². The van der Waals surface area contributed by atoms with Crippen molar-refractivity contribution in [1.82, 2.24) is 10.2 Å². The van der Waals surface area contributed by atoms with Crippen LogP contribution in [0.5, 0.6) is 0 Å². The summed E-state index contributed by atoms with van der Waals surface area (Å²) < 4.78 is 0. The van der Waals surface area contributed by atoms with E-state index in [1.54, 1.807) is 0 Å². The Morgan fingerprint density at radius 2 is 2.08 bits per heavy atom. The molecular formula is C11H22N2. The van der Waals surface area contributed by atoms with Crippen LogP contribution >= 0.6 is 0 Å². The van der Waals surface area contributed by atoms with Crippen molar-refractivity contribution in [3.8, 4) is 0 Å². The maximum Gasteiger partial charge on any atom is 0.0198 e. The van der Waals surface area contributed by atoms with Crippen molar-refractivity contribution in [2.45, 2.75) is 57.7 Å². The van der Waals surface area contributed by atoms with Gasteiger partial charge in [0.15, 0.2) is 0 Å². The van der Waals surface area contributed by atoms with E-state index >= 15 is 0 Å². The molecule has 3 unspecified atom stereocenters. The van der Waals surface area contributed by atoms with Crippen LogP contribution in [0.4, 0.5) is 0 Å². The predicted octanol–water partition coefficient (Wildman–Crippen LogP) is 1.61. The van der Waals surface area contributed by atoms with Crippen molar-refractivity contribution in [2.24, 2.45) is 0 Å². The molecule has 0 aromatic carbocycles. The molecule has 2 rings (SSSR count). The van der Waals surface area contributed by atoms with Crippen LogP contribution < -0.4 is 5.32 Å². The maximum atomic E-state index is 3.72. The molecule has 0 radical (unpaired) electrons. The zero-order valence-corrected chi connectivity index (χ0v) is 8.92. The molecule has 2 bridgehead atoms. The highest BCUT2D eigenvalue weighted by atomic mass is 15.2. The van der Waals surface area contributed by atoms with Crippen LogP contribution in [0.25, 0.3) is 0 Å². The van der Waals surface area contributed by atoms with Gasteiger partial charge in [-0.05, 0) is 39.2 Å². The molecule has 0 amide bonds. The first-order valence-electron chi connectivity index (χ1n) is 5.79. The molecule has 76 valence electrons. The summed E-state index contributed by atoms with van der Waals surface area (Å²) in [6.45, 7) is 7.24. The summed E-state index contributed by atoms with van der Waals surface area (Å²) in [5.74, 6) is 0. The number of hydrogen-bond donors (Lipinski definition) is 1. The predicted molar refractivity (Wildman–Crippen MR) is 55.9 cm³/mol. The molecule has 3 atom stereocenters. The van der Waals surface area contributed by atoms with Crippen molar-refractivity contribution in [3.63, 3.8) is 0 Å². The number of hydrogen-bond acceptors (Lipinski definition) is 2. The molecule has 13 heavy (non-hydrogen) atoms. The molecule has 2 heteroatoms. The van der Waals surface area contributed by atoms with Gasteiger partial charge in [0.05, 0.1) is 0 Å². The first-order chi connectivity index (χ1) is 6.29. The van der Waals surface area contributed by atoms with E-state index in [0.29, 0.717) is 0 Å². The second kappa shape index (κ2) is 3.97. The van der Waals surface area contributed by atoms with Gasteiger partial charge in [0.1, 0.15) is 0 Å². The van der Waals surface area contributed by atoms with Gasteiger partial charge in [-0.1, -0.05) is 6.92 Å². The fraction of sp³-hybridized carbons (Fsp3) is 1.00. The highest BCUT2D eigenvalue weighted by molar-refractivity contribution is 4.90. The number of rotatable bonds is 2. The molecule has 2 heterocycles. The van der Waals surface area contributed by atoms with Crippen LogP contribution in [-0.4, -0.2) is 36.1 Å². The first kappa shape index (κ1) is 9.47. The van der Waals surface area contributed by atoms with Crippen LogP contribution in [-0.2, 0) is 0 Å². The Balaban J connectivity index is 1.93. The molecule has 2 saturated heterocycles.